The van der Waals surface area contributed by atoms with E-state index in [2.05, 4.69) is 31.6 Å². The lowest BCUT2D eigenvalue weighted by atomic mass is 10.3. The highest BCUT2D eigenvalue weighted by Gasteiger charge is 1.81. The second-order valence-electron chi connectivity index (χ2n) is 2.61. The third-order valence-corrected chi connectivity index (χ3v) is 0.960. The molecule has 2 heteroatoms. The molecule has 0 aliphatic rings. The number of hydrogen-bond donors (Lipinski definition) is 0. The van der Waals surface area contributed by atoms with Crippen LogP contribution in [0.25, 0.3) is 0 Å². The summed E-state index contributed by atoms with van der Waals surface area (Å²) in [5, 5.41) is 0. The highest BCUT2D eigenvalue weighted by atomic mass is 16.5. The van der Waals surface area contributed by atoms with Gasteiger partial charge in [0.05, 0.1) is 6.61 Å². The molecule has 0 spiro atoms. The number of hydrogen-bond acceptors (Lipinski definition) is 2. The lowest BCUT2D eigenvalue weighted by molar-refractivity contribution is -0.140. The topological polar surface area (TPSA) is 26.3 Å². The van der Waals surface area contributed by atoms with Crippen LogP contribution in [-0.2, 0) is 9.53 Å². The fourth-order valence-electron chi connectivity index (χ4n) is 0.612. The molecule has 0 saturated heterocycles. The highest BCUT2D eigenvalue weighted by Crippen LogP contribution is 1.89. The Morgan fingerprint density at radius 1 is 1.25 bits per heavy atom. The SMILES string of the molecule is CCC=C(C)C.CCOC(C)=O. The van der Waals surface area contributed by atoms with Crippen LogP contribution >= 0.6 is 0 Å². The van der Waals surface area contributed by atoms with Gasteiger partial charge < -0.3 is 4.74 Å². The molecule has 0 aromatic heterocycles. The molecule has 0 unspecified atom stereocenters. The Balaban J connectivity index is 0. The normalized spacial score (nSPS) is 7.75. The number of carbonyl (C=O) groups is 1. The van der Waals surface area contributed by atoms with Crippen molar-refractivity contribution in [2.75, 3.05) is 6.61 Å². The zero-order valence-electron chi connectivity index (χ0n) is 8.81. The summed E-state index contributed by atoms with van der Waals surface area (Å²) in [6.07, 6.45) is 3.38. The third-order valence-electron chi connectivity index (χ3n) is 0.960. The first kappa shape index (κ1) is 13.8. The van der Waals surface area contributed by atoms with Crippen molar-refractivity contribution in [3.05, 3.63) is 11.6 Å². The van der Waals surface area contributed by atoms with Crippen LogP contribution in [-0.4, -0.2) is 12.6 Å². The first-order chi connectivity index (χ1) is 5.54. The molecule has 2 nitrogen and oxygen atoms in total. The molecule has 0 atom stereocenters. The maximum absolute atomic E-state index is 9.82. The molecule has 12 heavy (non-hydrogen) atoms. The van der Waals surface area contributed by atoms with E-state index < -0.39 is 0 Å². The van der Waals surface area contributed by atoms with E-state index in [4.69, 9.17) is 0 Å². The van der Waals surface area contributed by atoms with E-state index in [1.807, 2.05) is 0 Å². The van der Waals surface area contributed by atoms with Gasteiger partial charge in [-0.3, -0.25) is 4.79 Å². The van der Waals surface area contributed by atoms with Crippen molar-refractivity contribution in [2.24, 2.45) is 0 Å². The van der Waals surface area contributed by atoms with Crippen molar-refractivity contribution in [2.45, 2.75) is 41.0 Å². The van der Waals surface area contributed by atoms with Gasteiger partial charge in [0, 0.05) is 6.92 Å². The van der Waals surface area contributed by atoms with Gasteiger partial charge in [-0.05, 0) is 27.2 Å². The molecule has 0 bridgehead atoms. The van der Waals surface area contributed by atoms with Crippen LogP contribution in [0.5, 0.6) is 0 Å². The molecule has 0 N–H and O–H groups in total. The van der Waals surface area contributed by atoms with Gasteiger partial charge in [0.1, 0.15) is 0 Å². The molecule has 0 fully saturated rings. The average Bonchev–Trinajstić information content (AvgIpc) is 1.87. The van der Waals surface area contributed by atoms with Gasteiger partial charge in [-0.2, -0.15) is 0 Å². The van der Waals surface area contributed by atoms with Gasteiger partial charge in [-0.25, -0.2) is 0 Å². The molecular weight excluding hydrogens is 152 g/mol. The molecule has 0 aromatic rings. The van der Waals surface area contributed by atoms with Crippen LogP contribution < -0.4 is 0 Å². The first-order valence-electron chi connectivity index (χ1n) is 4.31. The number of rotatable bonds is 2. The van der Waals surface area contributed by atoms with Crippen molar-refractivity contribution in [3.8, 4) is 0 Å². The van der Waals surface area contributed by atoms with E-state index in [9.17, 15) is 4.79 Å². The summed E-state index contributed by atoms with van der Waals surface area (Å²) in [5.74, 6) is -0.211. The van der Waals surface area contributed by atoms with Crippen LogP contribution in [0.15, 0.2) is 11.6 Å². The Labute approximate surface area is 75.6 Å². The average molecular weight is 172 g/mol. The summed E-state index contributed by atoms with van der Waals surface area (Å²) < 4.78 is 4.40. The van der Waals surface area contributed by atoms with Crippen molar-refractivity contribution in [1.29, 1.82) is 0 Å². The van der Waals surface area contributed by atoms with Gasteiger partial charge in [-0.15, -0.1) is 0 Å². The van der Waals surface area contributed by atoms with E-state index in [-0.39, 0.29) is 5.97 Å². The summed E-state index contributed by atoms with van der Waals surface area (Å²) in [6.45, 7) is 10.0. The smallest absolute Gasteiger partial charge is 0.302 e. The van der Waals surface area contributed by atoms with Crippen LogP contribution in [0.4, 0.5) is 0 Å². The number of carbonyl (C=O) groups excluding carboxylic acids is 1. The fraction of sp³-hybridized carbons (Fsp3) is 0.700. The number of ether oxygens (including phenoxy) is 1. The monoisotopic (exact) mass is 172 g/mol. The predicted molar refractivity (Wildman–Crippen MR) is 52.0 cm³/mol. The van der Waals surface area contributed by atoms with E-state index >= 15 is 0 Å². The minimum Gasteiger partial charge on any atom is -0.466 e. The van der Waals surface area contributed by atoms with Crippen molar-refractivity contribution in [3.63, 3.8) is 0 Å². The largest absolute Gasteiger partial charge is 0.466 e. The predicted octanol–water partition coefficient (Wildman–Crippen LogP) is 2.93. The Kier molecular flexibility index (Phi) is 11.7. The maximum atomic E-state index is 9.82. The van der Waals surface area contributed by atoms with Crippen LogP contribution in [0.3, 0.4) is 0 Å². The lowest BCUT2D eigenvalue weighted by Crippen LogP contribution is -1.95. The van der Waals surface area contributed by atoms with Crippen LogP contribution in [0.1, 0.15) is 41.0 Å². The van der Waals surface area contributed by atoms with Gasteiger partial charge >= 0.3 is 5.97 Å². The standard InChI is InChI=1S/C6H12.C4H8O2/c1-4-5-6(2)3;1-3-6-4(2)5/h5H,4H2,1-3H3;3H2,1-2H3. The molecule has 0 rings (SSSR count). The third kappa shape index (κ3) is 22.9. The Hall–Kier alpha value is -0.790. The van der Waals surface area contributed by atoms with Crippen molar-refractivity contribution < 1.29 is 9.53 Å². The Morgan fingerprint density at radius 3 is 1.75 bits per heavy atom. The second kappa shape index (κ2) is 10.2. The Morgan fingerprint density at radius 2 is 1.75 bits per heavy atom. The fourth-order valence-corrected chi connectivity index (χ4v) is 0.612. The van der Waals surface area contributed by atoms with Crippen LogP contribution in [0, 0.1) is 0 Å². The molecule has 0 saturated carbocycles. The molecule has 0 aliphatic carbocycles. The van der Waals surface area contributed by atoms with E-state index in [1.165, 1.54) is 18.9 Å². The van der Waals surface area contributed by atoms with Crippen LogP contribution in [0.2, 0.25) is 0 Å². The second-order valence-corrected chi connectivity index (χ2v) is 2.61. The summed E-state index contributed by atoms with van der Waals surface area (Å²) >= 11 is 0. The summed E-state index contributed by atoms with van der Waals surface area (Å²) in [4.78, 5) is 9.82. The quantitative estimate of drug-likeness (QED) is 0.473. The zero-order chi connectivity index (χ0) is 9.98. The summed E-state index contributed by atoms with van der Waals surface area (Å²) in [5.41, 5.74) is 1.41. The van der Waals surface area contributed by atoms with Gasteiger partial charge in [0.25, 0.3) is 0 Å². The highest BCUT2D eigenvalue weighted by molar-refractivity contribution is 5.65. The van der Waals surface area contributed by atoms with E-state index in [0.29, 0.717) is 6.61 Å². The van der Waals surface area contributed by atoms with Crippen molar-refractivity contribution >= 4 is 5.97 Å². The molecule has 72 valence electrons. The maximum Gasteiger partial charge on any atom is 0.302 e. The Bertz CT molecular complexity index is 133. The van der Waals surface area contributed by atoms with E-state index in [0.717, 1.165) is 0 Å². The first-order valence-corrected chi connectivity index (χ1v) is 4.31. The number of allylic oxidation sites excluding steroid dienone is 2. The molecule has 0 radical (unpaired) electrons. The lowest BCUT2D eigenvalue weighted by Gasteiger charge is -1.89. The minimum absolute atomic E-state index is 0.211. The number of esters is 1. The van der Waals surface area contributed by atoms with Gasteiger partial charge in [-0.1, -0.05) is 18.6 Å². The summed E-state index contributed by atoms with van der Waals surface area (Å²) in [7, 11) is 0. The van der Waals surface area contributed by atoms with Crippen molar-refractivity contribution in [1.82, 2.24) is 0 Å². The molecule has 0 aliphatic heterocycles. The molecule has 0 aromatic carbocycles. The van der Waals surface area contributed by atoms with Gasteiger partial charge in [0.15, 0.2) is 0 Å². The zero-order valence-corrected chi connectivity index (χ0v) is 8.81. The molecule has 0 amide bonds. The van der Waals surface area contributed by atoms with Gasteiger partial charge in [0.2, 0.25) is 0 Å². The minimum atomic E-state index is -0.211. The van der Waals surface area contributed by atoms with E-state index in [1.54, 1.807) is 6.92 Å². The molecular formula is C10H20O2. The molecule has 0 heterocycles. The summed E-state index contributed by atoms with van der Waals surface area (Å²) in [6, 6.07) is 0.